The molecule has 3 nitrogen and oxygen atoms in total. The van der Waals surface area contributed by atoms with Gasteiger partial charge in [0.05, 0.1) is 11.9 Å². The number of nitrogens with two attached hydrogens (primary N) is 1. The molecule has 3 heteroatoms. The lowest BCUT2D eigenvalue weighted by Crippen LogP contribution is -2.23. The predicted octanol–water partition coefficient (Wildman–Crippen LogP) is 2.28. The molecule has 1 rings (SSSR count). The Labute approximate surface area is 85.3 Å². The van der Waals surface area contributed by atoms with Crippen LogP contribution in [0.15, 0.2) is 18.3 Å². The van der Waals surface area contributed by atoms with Crippen molar-refractivity contribution in [3.63, 3.8) is 0 Å². The highest BCUT2D eigenvalue weighted by Crippen LogP contribution is 2.18. The van der Waals surface area contributed by atoms with Crippen LogP contribution in [0.25, 0.3) is 0 Å². The van der Waals surface area contributed by atoms with Gasteiger partial charge in [-0.2, -0.15) is 0 Å². The lowest BCUT2D eigenvalue weighted by molar-refractivity contribution is 0.130. The first kappa shape index (κ1) is 11.0. The molecule has 0 unspecified atom stereocenters. The first-order valence-electron chi connectivity index (χ1n) is 4.79. The van der Waals surface area contributed by atoms with E-state index in [1.54, 1.807) is 6.20 Å². The van der Waals surface area contributed by atoms with E-state index in [4.69, 9.17) is 10.5 Å². The standard InChI is InChI=1S/C11H18N2O/c1-8(12)10-6-5-9(7-13-10)14-11(2,3)4/h5-8H,12H2,1-4H3/t8-/m1/s1. The molecule has 0 saturated carbocycles. The number of pyridine rings is 1. The smallest absolute Gasteiger partial charge is 0.138 e. The van der Waals surface area contributed by atoms with E-state index in [0.717, 1.165) is 11.4 Å². The van der Waals surface area contributed by atoms with Crippen molar-refractivity contribution >= 4 is 0 Å². The Balaban J connectivity index is 2.74. The van der Waals surface area contributed by atoms with E-state index in [1.807, 2.05) is 39.8 Å². The van der Waals surface area contributed by atoms with Gasteiger partial charge in [0.25, 0.3) is 0 Å². The molecule has 2 N–H and O–H groups in total. The van der Waals surface area contributed by atoms with E-state index >= 15 is 0 Å². The zero-order chi connectivity index (χ0) is 10.8. The van der Waals surface area contributed by atoms with Crippen molar-refractivity contribution in [2.24, 2.45) is 5.73 Å². The van der Waals surface area contributed by atoms with Gasteiger partial charge in [0, 0.05) is 6.04 Å². The molecule has 0 radical (unpaired) electrons. The van der Waals surface area contributed by atoms with Crippen molar-refractivity contribution in [1.29, 1.82) is 0 Å². The highest BCUT2D eigenvalue weighted by molar-refractivity contribution is 5.21. The van der Waals surface area contributed by atoms with Crippen molar-refractivity contribution in [2.75, 3.05) is 0 Å². The van der Waals surface area contributed by atoms with E-state index < -0.39 is 0 Å². The molecule has 0 saturated heterocycles. The van der Waals surface area contributed by atoms with Crippen molar-refractivity contribution in [3.05, 3.63) is 24.0 Å². The second kappa shape index (κ2) is 3.96. The summed E-state index contributed by atoms with van der Waals surface area (Å²) in [6.07, 6.45) is 1.71. The third-order valence-electron chi connectivity index (χ3n) is 1.65. The van der Waals surface area contributed by atoms with E-state index in [-0.39, 0.29) is 11.6 Å². The van der Waals surface area contributed by atoms with Crippen LogP contribution < -0.4 is 10.5 Å². The summed E-state index contributed by atoms with van der Waals surface area (Å²) in [5.74, 6) is 0.780. The number of hydrogen-bond acceptors (Lipinski definition) is 3. The van der Waals surface area contributed by atoms with Crippen LogP contribution in [-0.2, 0) is 0 Å². The topological polar surface area (TPSA) is 48.1 Å². The van der Waals surface area contributed by atoms with Gasteiger partial charge in [-0.1, -0.05) is 0 Å². The first-order chi connectivity index (χ1) is 6.38. The maximum atomic E-state index is 5.69. The predicted molar refractivity (Wildman–Crippen MR) is 57.2 cm³/mol. The Morgan fingerprint density at radius 1 is 1.36 bits per heavy atom. The van der Waals surface area contributed by atoms with Crippen LogP contribution in [0.1, 0.15) is 39.4 Å². The van der Waals surface area contributed by atoms with Gasteiger partial charge in [0.15, 0.2) is 0 Å². The molecular formula is C11H18N2O. The van der Waals surface area contributed by atoms with Crippen LogP contribution in [0.3, 0.4) is 0 Å². The minimum atomic E-state index is -0.183. The molecule has 14 heavy (non-hydrogen) atoms. The van der Waals surface area contributed by atoms with E-state index in [1.165, 1.54) is 0 Å². The molecule has 0 bridgehead atoms. The Kier molecular flexibility index (Phi) is 3.11. The summed E-state index contributed by atoms with van der Waals surface area (Å²) in [6.45, 7) is 7.93. The van der Waals surface area contributed by atoms with Crippen molar-refractivity contribution in [2.45, 2.75) is 39.3 Å². The maximum absolute atomic E-state index is 5.69. The fourth-order valence-corrected chi connectivity index (χ4v) is 1.08. The third-order valence-corrected chi connectivity index (χ3v) is 1.65. The van der Waals surface area contributed by atoms with Crippen LogP contribution >= 0.6 is 0 Å². The van der Waals surface area contributed by atoms with Gasteiger partial charge in [0.1, 0.15) is 11.4 Å². The van der Waals surface area contributed by atoms with Gasteiger partial charge in [-0.3, -0.25) is 4.98 Å². The van der Waals surface area contributed by atoms with Gasteiger partial charge in [-0.25, -0.2) is 0 Å². The molecule has 0 fully saturated rings. The lowest BCUT2D eigenvalue weighted by Gasteiger charge is -2.21. The summed E-state index contributed by atoms with van der Waals surface area (Å²) in [4.78, 5) is 4.21. The zero-order valence-electron chi connectivity index (χ0n) is 9.24. The molecule has 1 aromatic heterocycles. The number of nitrogens with zero attached hydrogens (tertiary/aromatic N) is 1. The Hall–Kier alpha value is -1.09. The van der Waals surface area contributed by atoms with Crippen LogP contribution in [0, 0.1) is 0 Å². The highest BCUT2D eigenvalue weighted by Gasteiger charge is 2.11. The largest absolute Gasteiger partial charge is 0.487 e. The summed E-state index contributed by atoms with van der Waals surface area (Å²) in [5, 5.41) is 0. The average molecular weight is 194 g/mol. The summed E-state index contributed by atoms with van der Waals surface area (Å²) in [5.41, 5.74) is 6.39. The van der Waals surface area contributed by atoms with Gasteiger partial charge in [-0.05, 0) is 39.8 Å². The summed E-state index contributed by atoms with van der Waals surface area (Å²) >= 11 is 0. The fourth-order valence-electron chi connectivity index (χ4n) is 1.08. The maximum Gasteiger partial charge on any atom is 0.138 e. The number of rotatable bonds is 2. The third kappa shape index (κ3) is 3.34. The Bertz CT molecular complexity index is 285. The van der Waals surface area contributed by atoms with Crippen molar-refractivity contribution < 1.29 is 4.74 Å². The van der Waals surface area contributed by atoms with Gasteiger partial charge >= 0.3 is 0 Å². The molecule has 0 spiro atoms. The number of ether oxygens (including phenoxy) is 1. The minimum Gasteiger partial charge on any atom is -0.487 e. The minimum absolute atomic E-state index is 0.0290. The molecule has 0 aliphatic heterocycles. The van der Waals surface area contributed by atoms with E-state index in [9.17, 15) is 0 Å². The SMILES string of the molecule is C[C@@H](N)c1ccc(OC(C)(C)C)cn1. The van der Waals surface area contributed by atoms with E-state index in [2.05, 4.69) is 4.98 Å². The molecule has 0 amide bonds. The average Bonchev–Trinajstić information content (AvgIpc) is 2.02. The highest BCUT2D eigenvalue weighted by atomic mass is 16.5. The fraction of sp³-hybridized carbons (Fsp3) is 0.545. The van der Waals surface area contributed by atoms with Crippen LogP contribution in [0.2, 0.25) is 0 Å². The van der Waals surface area contributed by atoms with Crippen molar-refractivity contribution in [1.82, 2.24) is 4.98 Å². The first-order valence-corrected chi connectivity index (χ1v) is 4.79. The monoisotopic (exact) mass is 194 g/mol. The molecular weight excluding hydrogens is 176 g/mol. The Morgan fingerprint density at radius 3 is 2.36 bits per heavy atom. The number of aromatic nitrogens is 1. The summed E-state index contributed by atoms with van der Waals surface area (Å²) in [7, 11) is 0. The molecule has 1 heterocycles. The second-order valence-corrected chi connectivity index (χ2v) is 4.42. The number of hydrogen-bond donors (Lipinski definition) is 1. The van der Waals surface area contributed by atoms with Crippen LogP contribution in [0.4, 0.5) is 0 Å². The molecule has 0 aliphatic rings. The summed E-state index contributed by atoms with van der Waals surface area (Å²) < 4.78 is 5.63. The molecule has 78 valence electrons. The van der Waals surface area contributed by atoms with Crippen LogP contribution in [-0.4, -0.2) is 10.6 Å². The van der Waals surface area contributed by atoms with E-state index in [0.29, 0.717) is 0 Å². The van der Waals surface area contributed by atoms with Crippen LogP contribution in [0.5, 0.6) is 5.75 Å². The lowest BCUT2D eigenvalue weighted by atomic mass is 10.2. The normalized spacial score (nSPS) is 13.8. The molecule has 0 aromatic carbocycles. The molecule has 0 aliphatic carbocycles. The van der Waals surface area contributed by atoms with Gasteiger partial charge in [0.2, 0.25) is 0 Å². The van der Waals surface area contributed by atoms with Crippen molar-refractivity contribution in [3.8, 4) is 5.75 Å². The Morgan fingerprint density at radius 2 is 2.00 bits per heavy atom. The zero-order valence-corrected chi connectivity index (χ0v) is 9.24. The van der Waals surface area contributed by atoms with Gasteiger partial charge < -0.3 is 10.5 Å². The molecule has 1 aromatic rings. The molecule has 1 atom stereocenters. The second-order valence-electron chi connectivity index (χ2n) is 4.42. The van der Waals surface area contributed by atoms with Gasteiger partial charge in [-0.15, -0.1) is 0 Å². The quantitative estimate of drug-likeness (QED) is 0.785. The summed E-state index contributed by atoms with van der Waals surface area (Å²) in [6, 6.07) is 3.77.